The number of rotatable bonds is 2. The first-order valence-electron chi connectivity index (χ1n) is 5.47. The van der Waals surface area contributed by atoms with Gasteiger partial charge in [-0.05, 0) is 30.7 Å². The molecule has 1 N–H and O–H groups in total. The molecule has 0 aliphatic heterocycles. The van der Waals surface area contributed by atoms with E-state index in [2.05, 4.69) is 10.3 Å². The van der Waals surface area contributed by atoms with E-state index in [4.69, 9.17) is 23.2 Å². The molecule has 2 rings (SSSR count). The van der Waals surface area contributed by atoms with E-state index in [1.165, 1.54) is 6.07 Å². The topological polar surface area (TPSA) is 42.0 Å². The van der Waals surface area contributed by atoms with E-state index in [1.807, 2.05) is 0 Å². The Balaban J connectivity index is 2.32. The number of amides is 1. The van der Waals surface area contributed by atoms with E-state index in [0.717, 1.165) is 12.1 Å². The van der Waals surface area contributed by atoms with Gasteiger partial charge in [-0.15, -0.1) is 0 Å². The number of hydrogen-bond acceptors (Lipinski definition) is 2. The Kier molecular flexibility index (Phi) is 4.20. The largest absolute Gasteiger partial charge is 0.319 e. The molecule has 0 fully saturated rings. The summed E-state index contributed by atoms with van der Waals surface area (Å²) < 4.78 is 26.1. The number of aromatic nitrogens is 1. The van der Waals surface area contributed by atoms with E-state index < -0.39 is 17.5 Å². The fourth-order valence-corrected chi connectivity index (χ4v) is 2.20. The lowest BCUT2D eigenvalue weighted by atomic mass is 10.2. The lowest BCUT2D eigenvalue weighted by molar-refractivity contribution is 0.102. The third-order valence-electron chi connectivity index (χ3n) is 2.50. The number of halogens is 4. The zero-order valence-electron chi connectivity index (χ0n) is 10.2. The Labute approximate surface area is 123 Å². The van der Waals surface area contributed by atoms with E-state index in [1.54, 1.807) is 6.92 Å². The molecule has 0 aliphatic rings. The Bertz CT molecular complexity index is 649. The summed E-state index contributed by atoms with van der Waals surface area (Å²) in [6, 6.07) is 4.03. The third-order valence-corrected chi connectivity index (χ3v) is 2.97. The first kappa shape index (κ1) is 14.7. The number of carbonyl (C=O) groups is 1. The molecular weight excluding hydrogens is 309 g/mol. The monoisotopic (exact) mass is 316 g/mol. The quantitative estimate of drug-likeness (QED) is 0.842. The molecule has 1 amide bonds. The zero-order valence-corrected chi connectivity index (χ0v) is 11.7. The Morgan fingerprint density at radius 1 is 1.15 bits per heavy atom. The van der Waals surface area contributed by atoms with Crippen molar-refractivity contribution in [3.8, 4) is 0 Å². The average molecular weight is 317 g/mol. The number of nitrogens with zero attached hydrogens (tertiary/aromatic N) is 1. The van der Waals surface area contributed by atoms with Crippen LogP contribution in [0, 0.1) is 18.6 Å². The molecule has 104 valence electrons. The van der Waals surface area contributed by atoms with Crippen molar-refractivity contribution >= 4 is 34.8 Å². The van der Waals surface area contributed by atoms with Crippen LogP contribution in [-0.2, 0) is 0 Å². The van der Waals surface area contributed by atoms with Gasteiger partial charge in [0.1, 0.15) is 16.8 Å². The number of anilines is 1. The summed E-state index contributed by atoms with van der Waals surface area (Å²) in [5.74, 6) is -2.38. The highest BCUT2D eigenvalue weighted by Crippen LogP contribution is 2.27. The summed E-state index contributed by atoms with van der Waals surface area (Å²) in [7, 11) is 0. The summed E-state index contributed by atoms with van der Waals surface area (Å²) in [5.41, 5.74) is 0.666. The van der Waals surface area contributed by atoms with Crippen LogP contribution in [0.2, 0.25) is 10.3 Å². The Hall–Kier alpha value is -1.72. The van der Waals surface area contributed by atoms with Gasteiger partial charge in [-0.1, -0.05) is 23.2 Å². The minimum Gasteiger partial charge on any atom is -0.319 e. The van der Waals surface area contributed by atoms with E-state index in [0.29, 0.717) is 11.6 Å². The minimum absolute atomic E-state index is 0.000208. The van der Waals surface area contributed by atoms with Gasteiger partial charge in [-0.2, -0.15) is 0 Å². The molecule has 1 heterocycles. The molecule has 0 bridgehead atoms. The van der Waals surface area contributed by atoms with Crippen molar-refractivity contribution in [3.05, 3.63) is 57.3 Å². The Morgan fingerprint density at radius 2 is 1.75 bits per heavy atom. The number of aryl methyl sites for hydroxylation is 1. The van der Waals surface area contributed by atoms with E-state index in [9.17, 15) is 13.6 Å². The molecule has 0 aliphatic carbocycles. The van der Waals surface area contributed by atoms with Crippen LogP contribution in [0.3, 0.4) is 0 Å². The number of benzene rings is 1. The lowest BCUT2D eigenvalue weighted by Crippen LogP contribution is -2.14. The standard InChI is InChI=1S/C13H8Cl2F2N2O/c1-6-2-10(14)18-12(15)11(6)19-13(20)7-3-8(16)5-9(17)4-7/h2-5H,1H3,(H,19,20). The van der Waals surface area contributed by atoms with Gasteiger partial charge in [0, 0.05) is 11.6 Å². The number of hydrogen-bond donors (Lipinski definition) is 1. The molecule has 0 radical (unpaired) electrons. The fourth-order valence-electron chi connectivity index (χ4n) is 1.62. The van der Waals surface area contributed by atoms with Crippen molar-refractivity contribution in [3.63, 3.8) is 0 Å². The molecule has 0 atom stereocenters. The molecule has 0 spiro atoms. The second kappa shape index (κ2) is 5.73. The van der Waals surface area contributed by atoms with Gasteiger partial charge in [0.15, 0.2) is 5.15 Å². The van der Waals surface area contributed by atoms with Gasteiger partial charge in [0.05, 0.1) is 5.69 Å². The van der Waals surface area contributed by atoms with Crippen LogP contribution < -0.4 is 5.32 Å². The molecular formula is C13H8Cl2F2N2O. The third kappa shape index (κ3) is 3.23. The van der Waals surface area contributed by atoms with Crippen LogP contribution >= 0.6 is 23.2 Å². The summed E-state index contributed by atoms with van der Waals surface area (Å²) in [4.78, 5) is 15.7. The van der Waals surface area contributed by atoms with E-state index in [-0.39, 0.29) is 21.6 Å². The van der Waals surface area contributed by atoms with Gasteiger partial charge >= 0.3 is 0 Å². The van der Waals surface area contributed by atoms with Crippen LogP contribution in [-0.4, -0.2) is 10.9 Å². The molecule has 2 aromatic rings. The highest BCUT2D eigenvalue weighted by atomic mass is 35.5. The summed E-state index contributed by atoms with van der Waals surface area (Å²) >= 11 is 11.6. The molecule has 0 unspecified atom stereocenters. The van der Waals surface area contributed by atoms with Crippen LogP contribution in [0.4, 0.5) is 14.5 Å². The van der Waals surface area contributed by atoms with Crippen molar-refractivity contribution < 1.29 is 13.6 Å². The lowest BCUT2D eigenvalue weighted by Gasteiger charge is -2.10. The summed E-state index contributed by atoms with van der Waals surface area (Å²) in [5, 5.41) is 2.63. The first-order chi connectivity index (χ1) is 9.36. The molecule has 20 heavy (non-hydrogen) atoms. The number of nitrogens with one attached hydrogen (secondary N) is 1. The second-order valence-electron chi connectivity index (χ2n) is 4.04. The predicted molar refractivity (Wildman–Crippen MR) is 73.3 cm³/mol. The molecule has 7 heteroatoms. The first-order valence-corrected chi connectivity index (χ1v) is 6.22. The van der Waals surface area contributed by atoms with E-state index >= 15 is 0 Å². The molecule has 1 aromatic carbocycles. The second-order valence-corrected chi connectivity index (χ2v) is 4.79. The normalized spacial score (nSPS) is 10.4. The smallest absolute Gasteiger partial charge is 0.255 e. The van der Waals surface area contributed by atoms with Crippen LogP contribution in [0.1, 0.15) is 15.9 Å². The van der Waals surface area contributed by atoms with Gasteiger partial charge in [0.2, 0.25) is 0 Å². The van der Waals surface area contributed by atoms with Gasteiger partial charge in [-0.25, -0.2) is 13.8 Å². The van der Waals surface area contributed by atoms with Crippen LogP contribution in [0.5, 0.6) is 0 Å². The highest BCUT2D eigenvalue weighted by molar-refractivity contribution is 6.35. The average Bonchev–Trinajstić information content (AvgIpc) is 2.32. The number of carbonyl (C=O) groups excluding carboxylic acids is 1. The SMILES string of the molecule is Cc1cc(Cl)nc(Cl)c1NC(=O)c1cc(F)cc(F)c1. The minimum atomic E-state index is -0.841. The van der Waals surface area contributed by atoms with Crippen molar-refractivity contribution in [1.29, 1.82) is 0 Å². The van der Waals surface area contributed by atoms with Crippen molar-refractivity contribution in [2.45, 2.75) is 6.92 Å². The van der Waals surface area contributed by atoms with Crippen molar-refractivity contribution in [2.24, 2.45) is 0 Å². The van der Waals surface area contributed by atoms with Gasteiger partial charge in [0.25, 0.3) is 5.91 Å². The van der Waals surface area contributed by atoms with Gasteiger partial charge < -0.3 is 5.32 Å². The summed E-state index contributed by atoms with van der Waals surface area (Å²) in [6.45, 7) is 1.67. The molecule has 3 nitrogen and oxygen atoms in total. The fraction of sp³-hybridized carbons (Fsp3) is 0.0769. The maximum absolute atomic E-state index is 13.1. The van der Waals surface area contributed by atoms with Crippen molar-refractivity contribution in [2.75, 3.05) is 5.32 Å². The molecule has 1 aromatic heterocycles. The number of pyridine rings is 1. The maximum atomic E-state index is 13.1. The van der Waals surface area contributed by atoms with Crippen LogP contribution in [0.25, 0.3) is 0 Å². The molecule has 0 saturated carbocycles. The van der Waals surface area contributed by atoms with Gasteiger partial charge in [-0.3, -0.25) is 4.79 Å². The predicted octanol–water partition coefficient (Wildman–Crippen LogP) is 4.23. The highest BCUT2D eigenvalue weighted by Gasteiger charge is 2.14. The van der Waals surface area contributed by atoms with Crippen molar-refractivity contribution in [1.82, 2.24) is 4.98 Å². The van der Waals surface area contributed by atoms with Crippen LogP contribution in [0.15, 0.2) is 24.3 Å². The summed E-state index contributed by atoms with van der Waals surface area (Å²) in [6.07, 6.45) is 0. The maximum Gasteiger partial charge on any atom is 0.255 e. The molecule has 0 saturated heterocycles. The zero-order chi connectivity index (χ0) is 14.9. The Morgan fingerprint density at radius 3 is 2.30 bits per heavy atom.